The van der Waals surface area contributed by atoms with Gasteiger partial charge in [0.05, 0.1) is 0 Å². The molecule has 0 bridgehead atoms. The Bertz CT molecular complexity index is 723. The molecular formula is C21H26FN. The summed E-state index contributed by atoms with van der Waals surface area (Å²) in [5.74, 6) is 0.997. The van der Waals surface area contributed by atoms with E-state index in [0.717, 1.165) is 16.7 Å². The molecule has 1 fully saturated rings. The fraction of sp³-hybridized carbons (Fsp3) is 0.476. The molecule has 1 aromatic carbocycles. The highest BCUT2D eigenvalue weighted by Crippen LogP contribution is 2.47. The fourth-order valence-electron chi connectivity index (χ4n) is 3.66. The lowest BCUT2D eigenvalue weighted by Gasteiger charge is -2.30. The van der Waals surface area contributed by atoms with Gasteiger partial charge in [-0.2, -0.15) is 0 Å². The van der Waals surface area contributed by atoms with Crippen LogP contribution in [0.4, 0.5) is 4.39 Å². The largest absolute Gasteiger partial charge is 0.264 e. The standard InChI is InChI=1S/C21H26FN/c1-13-12-23-9-8-17(13)19-11-16(22)10-18(14(2)15-6-7-15)20(19)21(3,4)5/h8-12,14-15H,6-7H2,1-5H3. The molecule has 1 heterocycles. The van der Waals surface area contributed by atoms with Crippen molar-refractivity contribution >= 4 is 0 Å². The lowest BCUT2D eigenvalue weighted by Crippen LogP contribution is -2.18. The summed E-state index contributed by atoms with van der Waals surface area (Å²) in [5, 5.41) is 0. The number of aryl methyl sites for hydroxylation is 1. The van der Waals surface area contributed by atoms with E-state index in [1.807, 2.05) is 19.2 Å². The molecule has 1 nitrogen and oxygen atoms in total. The number of aromatic nitrogens is 1. The summed E-state index contributed by atoms with van der Waals surface area (Å²) < 4.78 is 14.4. The second kappa shape index (κ2) is 5.74. The highest BCUT2D eigenvalue weighted by molar-refractivity contribution is 5.73. The van der Waals surface area contributed by atoms with Gasteiger partial charge in [-0.05, 0) is 83.0 Å². The number of halogens is 1. The monoisotopic (exact) mass is 311 g/mol. The van der Waals surface area contributed by atoms with E-state index in [1.165, 1.54) is 24.0 Å². The van der Waals surface area contributed by atoms with E-state index in [0.29, 0.717) is 11.8 Å². The Balaban J connectivity index is 2.28. The van der Waals surface area contributed by atoms with E-state index < -0.39 is 0 Å². The molecule has 0 radical (unpaired) electrons. The van der Waals surface area contributed by atoms with Gasteiger partial charge < -0.3 is 0 Å². The van der Waals surface area contributed by atoms with Crippen LogP contribution in [-0.4, -0.2) is 4.98 Å². The number of hydrogen-bond donors (Lipinski definition) is 0. The van der Waals surface area contributed by atoms with Crippen LogP contribution >= 0.6 is 0 Å². The maximum absolute atomic E-state index is 14.4. The molecular weight excluding hydrogens is 285 g/mol. The van der Waals surface area contributed by atoms with E-state index in [-0.39, 0.29) is 11.2 Å². The summed E-state index contributed by atoms with van der Waals surface area (Å²) in [6.45, 7) is 11.0. The molecule has 0 aliphatic heterocycles. The van der Waals surface area contributed by atoms with Crippen molar-refractivity contribution in [2.45, 2.75) is 58.8 Å². The molecule has 122 valence electrons. The van der Waals surface area contributed by atoms with Gasteiger partial charge in [-0.3, -0.25) is 4.98 Å². The van der Waals surface area contributed by atoms with Crippen molar-refractivity contribution in [2.75, 3.05) is 0 Å². The van der Waals surface area contributed by atoms with Crippen LogP contribution in [0.2, 0.25) is 0 Å². The van der Waals surface area contributed by atoms with Crippen LogP contribution in [0.1, 0.15) is 63.1 Å². The van der Waals surface area contributed by atoms with Gasteiger partial charge in [0.1, 0.15) is 5.82 Å². The summed E-state index contributed by atoms with van der Waals surface area (Å²) in [7, 11) is 0. The van der Waals surface area contributed by atoms with Gasteiger partial charge in [0.15, 0.2) is 0 Å². The molecule has 1 aliphatic rings. The fourth-order valence-corrected chi connectivity index (χ4v) is 3.66. The number of hydrogen-bond acceptors (Lipinski definition) is 1. The SMILES string of the molecule is Cc1cnccc1-c1cc(F)cc(C(C)C2CC2)c1C(C)(C)C. The molecule has 1 unspecified atom stereocenters. The van der Waals surface area contributed by atoms with Crippen molar-refractivity contribution in [1.82, 2.24) is 4.98 Å². The predicted octanol–water partition coefficient (Wildman–Crippen LogP) is 6.01. The van der Waals surface area contributed by atoms with Gasteiger partial charge in [-0.15, -0.1) is 0 Å². The predicted molar refractivity (Wildman–Crippen MR) is 94.2 cm³/mol. The van der Waals surface area contributed by atoms with Crippen LogP contribution in [-0.2, 0) is 5.41 Å². The molecule has 1 aromatic heterocycles. The number of pyridine rings is 1. The summed E-state index contributed by atoms with van der Waals surface area (Å²) in [6.07, 6.45) is 6.19. The van der Waals surface area contributed by atoms with Crippen LogP contribution in [0.3, 0.4) is 0 Å². The third kappa shape index (κ3) is 3.17. The van der Waals surface area contributed by atoms with Crippen molar-refractivity contribution in [1.29, 1.82) is 0 Å². The number of nitrogens with zero attached hydrogens (tertiary/aromatic N) is 1. The Labute approximate surface area is 139 Å². The summed E-state index contributed by atoms with van der Waals surface area (Å²) in [5.41, 5.74) is 5.65. The zero-order valence-electron chi connectivity index (χ0n) is 14.8. The van der Waals surface area contributed by atoms with E-state index >= 15 is 0 Å². The average molecular weight is 311 g/mol. The second-order valence-electron chi connectivity index (χ2n) is 7.98. The maximum atomic E-state index is 14.4. The minimum Gasteiger partial charge on any atom is -0.264 e. The van der Waals surface area contributed by atoms with Crippen LogP contribution in [0.25, 0.3) is 11.1 Å². The van der Waals surface area contributed by atoms with Crippen LogP contribution in [0, 0.1) is 18.7 Å². The molecule has 1 aliphatic carbocycles. The Morgan fingerprint density at radius 1 is 1.17 bits per heavy atom. The zero-order chi connectivity index (χ0) is 16.8. The normalized spacial score (nSPS) is 16.4. The first-order chi connectivity index (χ1) is 10.8. The molecule has 0 saturated heterocycles. The second-order valence-corrected chi connectivity index (χ2v) is 7.98. The summed E-state index contributed by atoms with van der Waals surface area (Å²) in [6, 6.07) is 5.47. The Morgan fingerprint density at radius 2 is 1.87 bits per heavy atom. The van der Waals surface area contributed by atoms with Crippen LogP contribution < -0.4 is 0 Å². The van der Waals surface area contributed by atoms with Crippen molar-refractivity contribution in [3.8, 4) is 11.1 Å². The average Bonchev–Trinajstić information content (AvgIpc) is 3.29. The molecule has 0 spiro atoms. The summed E-state index contributed by atoms with van der Waals surface area (Å²) in [4.78, 5) is 4.19. The molecule has 0 amide bonds. The number of rotatable bonds is 3. The van der Waals surface area contributed by atoms with Gasteiger partial charge in [0, 0.05) is 12.4 Å². The first kappa shape index (κ1) is 16.2. The van der Waals surface area contributed by atoms with Crippen molar-refractivity contribution in [3.05, 3.63) is 53.1 Å². The summed E-state index contributed by atoms with van der Waals surface area (Å²) >= 11 is 0. The first-order valence-electron chi connectivity index (χ1n) is 8.54. The van der Waals surface area contributed by atoms with Crippen molar-refractivity contribution in [2.24, 2.45) is 5.92 Å². The lowest BCUT2D eigenvalue weighted by molar-refractivity contribution is 0.553. The molecule has 0 N–H and O–H groups in total. The first-order valence-corrected chi connectivity index (χ1v) is 8.54. The third-order valence-corrected chi connectivity index (χ3v) is 5.01. The lowest BCUT2D eigenvalue weighted by atomic mass is 9.75. The third-order valence-electron chi connectivity index (χ3n) is 5.01. The molecule has 2 aromatic rings. The molecule has 1 atom stereocenters. The highest BCUT2D eigenvalue weighted by atomic mass is 19.1. The number of benzene rings is 1. The Hall–Kier alpha value is -1.70. The minimum absolute atomic E-state index is 0.0305. The van der Waals surface area contributed by atoms with Crippen LogP contribution in [0.5, 0.6) is 0 Å². The van der Waals surface area contributed by atoms with Gasteiger partial charge in [0.25, 0.3) is 0 Å². The highest BCUT2D eigenvalue weighted by Gasteiger charge is 2.34. The van der Waals surface area contributed by atoms with E-state index in [2.05, 4.69) is 32.7 Å². The van der Waals surface area contributed by atoms with Crippen molar-refractivity contribution in [3.63, 3.8) is 0 Å². The smallest absolute Gasteiger partial charge is 0.124 e. The molecule has 1 saturated carbocycles. The van der Waals surface area contributed by atoms with Gasteiger partial charge in [-0.1, -0.05) is 27.7 Å². The topological polar surface area (TPSA) is 12.9 Å². The van der Waals surface area contributed by atoms with Gasteiger partial charge in [-0.25, -0.2) is 4.39 Å². The zero-order valence-corrected chi connectivity index (χ0v) is 14.8. The minimum atomic E-state index is -0.133. The van der Waals surface area contributed by atoms with Gasteiger partial charge >= 0.3 is 0 Å². The van der Waals surface area contributed by atoms with Gasteiger partial charge in [0.2, 0.25) is 0 Å². The van der Waals surface area contributed by atoms with Crippen LogP contribution in [0.15, 0.2) is 30.6 Å². The van der Waals surface area contributed by atoms with E-state index in [4.69, 9.17) is 0 Å². The Morgan fingerprint density at radius 3 is 2.43 bits per heavy atom. The van der Waals surface area contributed by atoms with Crippen molar-refractivity contribution < 1.29 is 4.39 Å². The maximum Gasteiger partial charge on any atom is 0.124 e. The van der Waals surface area contributed by atoms with E-state index in [1.54, 1.807) is 18.3 Å². The Kier molecular flexibility index (Phi) is 4.03. The quantitative estimate of drug-likeness (QED) is 0.676. The van der Waals surface area contributed by atoms with E-state index in [9.17, 15) is 4.39 Å². The molecule has 23 heavy (non-hydrogen) atoms. The molecule has 3 rings (SSSR count). The molecule has 2 heteroatoms.